The van der Waals surface area contributed by atoms with Crippen molar-refractivity contribution in [1.82, 2.24) is 5.32 Å². The number of hydrogen-bond acceptors (Lipinski definition) is 3. The van der Waals surface area contributed by atoms with E-state index in [0.29, 0.717) is 24.9 Å². The first kappa shape index (κ1) is 17.3. The Hall–Kier alpha value is -1.07. The maximum atomic E-state index is 13.5. The highest BCUT2D eigenvalue weighted by molar-refractivity contribution is 7.99. The van der Waals surface area contributed by atoms with Crippen molar-refractivity contribution in [3.05, 3.63) is 35.6 Å². The molecular weight excluding hydrogens is 301 g/mol. The predicted molar refractivity (Wildman–Crippen MR) is 88.4 cm³/mol. The predicted octanol–water partition coefficient (Wildman–Crippen LogP) is 2.77. The van der Waals surface area contributed by atoms with E-state index >= 15 is 0 Å². The number of rotatable bonds is 6. The van der Waals surface area contributed by atoms with Crippen LogP contribution < -0.4 is 5.32 Å². The fourth-order valence-corrected chi connectivity index (χ4v) is 3.81. The standard InChI is InChI=1S/C17H24FNO2S/c1-13(6-7-14-4-2-3-5-15(14)18)16(20)19-12-17(21)8-10-22-11-9-17/h2-5,13,21H,6-12H2,1H3,(H,19,20). The second-order valence-corrected chi connectivity index (χ2v) is 7.31. The highest BCUT2D eigenvalue weighted by Crippen LogP contribution is 2.26. The van der Waals surface area contributed by atoms with Crippen LogP contribution in [0.1, 0.15) is 31.7 Å². The summed E-state index contributed by atoms with van der Waals surface area (Å²) in [6.07, 6.45) is 2.59. The van der Waals surface area contributed by atoms with Crippen molar-refractivity contribution in [1.29, 1.82) is 0 Å². The average Bonchev–Trinajstić information content (AvgIpc) is 2.52. The van der Waals surface area contributed by atoms with Gasteiger partial charge in [0.2, 0.25) is 5.91 Å². The van der Waals surface area contributed by atoms with Crippen molar-refractivity contribution in [3.63, 3.8) is 0 Å². The molecule has 22 heavy (non-hydrogen) atoms. The van der Waals surface area contributed by atoms with E-state index in [1.54, 1.807) is 18.2 Å². The van der Waals surface area contributed by atoms with Crippen molar-refractivity contribution >= 4 is 17.7 Å². The Morgan fingerprint density at radius 1 is 1.41 bits per heavy atom. The maximum absolute atomic E-state index is 13.5. The molecule has 1 aliphatic rings. The first-order chi connectivity index (χ1) is 10.5. The zero-order valence-corrected chi connectivity index (χ0v) is 13.8. The van der Waals surface area contributed by atoms with E-state index in [0.717, 1.165) is 24.3 Å². The molecule has 2 rings (SSSR count). The van der Waals surface area contributed by atoms with Gasteiger partial charge in [0.1, 0.15) is 5.82 Å². The van der Waals surface area contributed by atoms with Crippen LogP contribution in [0.4, 0.5) is 4.39 Å². The second-order valence-electron chi connectivity index (χ2n) is 6.09. The number of thioether (sulfide) groups is 1. The van der Waals surface area contributed by atoms with Crippen LogP contribution in [-0.4, -0.2) is 34.7 Å². The van der Waals surface area contributed by atoms with Crippen LogP contribution in [0.15, 0.2) is 24.3 Å². The Kier molecular flexibility index (Phi) is 6.26. The molecule has 3 nitrogen and oxygen atoms in total. The lowest BCUT2D eigenvalue weighted by atomic mass is 9.95. The number of amides is 1. The summed E-state index contributed by atoms with van der Waals surface area (Å²) in [6.45, 7) is 2.16. The molecule has 1 heterocycles. The van der Waals surface area contributed by atoms with Gasteiger partial charge < -0.3 is 10.4 Å². The van der Waals surface area contributed by atoms with Gasteiger partial charge in [-0.05, 0) is 48.8 Å². The maximum Gasteiger partial charge on any atom is 0.222 e. The van der Waals surface area contributed by atoms with Crippen LogP contribution in [0, 0.1) is 11.7 Å². The van der Waals surface area contributed by atoms with E-state index in [2.05, 4.69) is 5.32 Å². The Labute approximate surface area is 135 Å². The smallest absolute Gasteiger partial charge is 0.222 e. The van der Waals surface area contributed by atoms with E-state index in [-0.39, 0.29) is 17.6 Å². The monoisotopic (exact) mass is 325 g/mol. The number of carbonyl (C=O) groups is 1. The van der Waals surface area contributed by atoms with Gasteiger partial charge >= 0.3 is 0 Å². The number of nitrogens with one attached hydrogen (secondary N) is 1. The summed E-state index contributed by atoms with van der Waals surface area (Å²) in [4.78, 5) is 12.1. The summed E-state index contributed by atoms with van der Waals surface area (Å²) >= 11 is 1.84. The van der Waals surface area contributed by atoms with Crippen LogP contribution in [0.2, 0.25) is 0 Å². The van der Waals surface area contributed by atoms with Gasteiger partial charge in [0.25, 0.3) is 0 Å². The van der Waals surface area contributed by atoms with E-state index in [1.807, 2.05) is 18.7 Å². The molecular formula is C17H24FNO2S. The summed E-state index contributed by atoms with van der Waals surface area (Å²) in [7, 11) is 0. The summed E-state index contributed by atoms with van der Waals surface area (Å²) in [5.74, 6) is 1.40. The molecule has 1 aromatic carbocycles. The fraction of sp³-hybridized carbons (Fsp3) is 0.588. The van der Waals surface area contributed by atoms with Crippen molar-refractivity contribution < 1.29 is 14.3 Å². The molecule has 1 unspecified atom stereocenters. The van der Waals surface area contributed by atoms with E-state index in [1.165, 1.54) is 6.07 Å². The van der Waals surface area contributed by atoms with Crippen molar-refractivity contribution in [3.8, 4) is 0 Å². The van der Waals surface area contributed by atoms with E-state index in [4.69, 9.17) is 0 Å². The Morgan fingerprint density at radius 2 is 2.09 bits per heavy atom. The van der Waals surface area contributed by atoms with E-state index in [9.17, 15) is 14.3 Å². The molecule has 0 saturated carbocycles. The lowest BCUT2D eigenvalue weighted by Gasteiger charge is -2.32. The highest BCUT2D eigenvalue weighted by atomic mass is 32.2. The van der Waals surface area contributed by atoms with Gasteiger partial charge in [-0.2, -0.15) is 11.8 Å². The molecule has 1 amide bonds. The summed E-state index contributed by atoms with van der Waals surface area (Å²) < 4.78 is 13.5. The van der Waals surface area contributed by atoms with Crippen molar-refractivity contribution in [2.45, 2.75) is 38.2 Å². The molecule has 0 radical (unpaired) electrons. The topological polar surface area (TPSA) is 49.3 Å². The number of carbonyl (C=O) groups excluding carboxylic acids is 1. The van der Waals surface area contributed by atoms with Gasteiger partial charge in [-0.25, -0.2) is 4.39 Å². The number of halogens is 1. The molecule has 122 valence electrons. The van der Waals surface area contributed by atoms with Gasteiger partial charge in [0.05, 0.1) is 5.60 Å². The SMILES string of the molecule is CC(CCc1ccccc1F)C(=O)NCC1(O)CCSCC1. The van der Waals surface area contributed by atoms with Crippen LogP contribution in [0.3, 0.4) is 0 Å². The minimum absolute atomic E-state index is 0.0667. The quantitative estimate of drug-likeness (QED) is 0.845. The van der Waals surface area contributed by atoms with E-state index < -0.39 is 5.60 Å². The van der Waals surface area contributed by atoms with Crippen molar-refractivity contribution in [2.24, 2.45) is 5.92 Å². The van der Waals surface area contributed by atoms with Crippen LogP contribution in [-0.2, 0) is 11.2 Å². The molecule has 0 bridgehead atoms. The van der Waals surface area contributed by atoms with Crippen LogP contribution in [0.5, 0.6) is 0 Å². The third-order valence-corrected chi connectivity index (χ3v) is 5.25. The number of aryl methyl sites for hydroxylation is 1. The molecule has 1 saturated heterocycles. The van der Waals surface area contributed by atoms with Gasteiger partial charge in [-0.3, -0.25) is 4.79 Å². The number of aliphatic hydroxyl groups is 1. The zero-order chi connectivity index (χ0) is 16.0. The van der Waals surface area contributed by atoms with Crippen LogP contribution >= 0.6 is 11.8 Å². The molecule has 1 aliphatic heterocycles. The Morgan fingerprint density at radius 3 is 2.77 bits per heavy atom. The van der Waals surface area contributed by atoms with Gasteiger partial charge in [0.15, 0.2) is 0 Å². The normalized spacial score (nSPS) is 18.7. The third-order valence-electron chi connectivity index (χ3n) is 4.27. The molecule has 0 aliphatic carbocycles. The second kappa shape index (κ2) is 7.97. The molecule has 5 heteroatoms. The summed E-state index contributed by atoms with van der Waals surface area (Å²) in [5, 5.41) is 13.2. The molecule has 1 fully saturated rings. The molecule has 1 atom stereocenters. The largest absolute Gasteiger partial charge is 0.388 e. The molecule has 0 aromatic heterocycles. The van der Waals surface area contributed by atoms with Crippen LogP contribution in [0.25, 0.3) is 0 Å². The minimum Gasteiger partial charge on any atom is -0.388 e. The Balaban J connectivity index is 1.76. The summed E-state index contributed by atoms with van der Waals surface area (Å²) in [6, 6.07) is 6.66. The number of hydrogen-bond donors (Lipinski definition) is 2. The van der Waals surface area contributed by atoms with Gasteiger partial charge in [0, 0.05) is 12.5 Å². The first-order valence-electron chi connectivity index (χ1n) is 7.81. The first-order valence-corrected chi connectivity index (χ1v) is 8.97. The highest BCUT2D eigenvalue weighted by Gasteiger charge is 2.30. The average molecular weight is 325 g/mol. The molecule has 0 spiro atoms. The van der Waals surface area contributed by atoms with Crippen molar-refractivity contribution in [2.75, 3.05) is 18.1 Å². The minimum atomic E-state index is -0.758. The lowest BCUT2D eigenvalue weighted by molar-refractivity contribution is -0.126. The Bertz CT molecular complexity index is 503. The van der Waals surface area contributed by atoms with Gasteiger partial charge in [-0.15, -0.1) is 0 Å². The lowest BCUT2D eigenvalue weighted by Crippen LogP contribution is -2.46. The molecule has 1 aromatic rings. The number of benzene rings is 1. The fourth-order valence-electron chi connectivity index (χ4n) is 2.56. The zero-order valence-electron chi connectivity index (χ0n) is 13.0. The summed E-state index contributed by atoms with van der Waals surface area (Å²) in [5.41, 5.74) is -0.114. The van der Waals surface area contributed by atoms with Gasteiger partial charge in [-0.1, -0.05) is 25.1 Å². The third kappa shape index (κ3) is 4.99. The molecule has 2 N–H and O–H groups in total.